The number of unbranched alkanes of at least 4 members (excludes halogenated alkanes) is 2. The van der Waals surface area contributed by atoms with Crippen LogP contribution in [-0.4, -0.2) is 38.6 Å². The van der Waals surface area contributed by atoms with Crippen LogP contribution in [0.3, 0.4) is 0 Å². The van der Waals surface area contributed by atoms with Gasteiger partial charge in [0.1, 0.15) is 0 Å². The van der Waals surface area contributed by atoms with Gasteiger partial charge in [0.15, 0.2) is 0 Å². The molecule has 0 aromatic rings. The Labute approximate surface area is 99.3 Å². The van der Waals surface area contributed by atoms with Crippen LogP contribution >= 0.6 is 0 Å². The van der Waals surface area contributed by atoms with Gasteiger partial charge >= 0.3 is 6.18 Å². The summed E-state index contributed by atoms with van der Waals surface area (Å²) in [5.41, 5.74) is 0. The van der Waals surface area contributed by atoms with Gasteiger partial charge in [-0.25, -0.2) is 13.1 Å². The van der Waals surface area contributed by atoms with Gasteiger partial charge in [0, 0.05) is 19.6 Å². The van der Waals surface area contributed by atoms with Crippen molar-refractivity contribution in [1.82, 2.24) is 4.72 Å². The van der Waals surface area contributed by atoms with Crippen molar-refractivity contribution in [2.24, 2.45) is 0 Å². The maximum Gasteiger partial charge on any atom is 0.389 e. The van der Waals surface area contributed by atoms with Crippen LogP contribution < -0.4 is 4.72 Å². The van der Waals surface area contributed by atoms with E-state index in [1.54, 1.807) is 0 Å². The molecule has 0 saturated carbocycles. The molecule has 0 saturated heterocycles. The van der Waals surface area contributed by atoms with Crippen LogP contribution in [0.25, 0.3) is 0 Å². The highest BCUT2D eigenvalue weighted by Gasteiger charge is 2.27. The lowest BCUT2D eigenvalue weighted by Gasteiger charge is -2.08. The molecule has 0 atom stereocenters. The molecule has 104 valence electrons. The summed E-state index contributed by atoms with van der Waals surface area (Å²) in [4.78, 5) is 0. The fourth-order valence-electron chi connectivity index (χ4n) is 1.18. The summed E-state index contributed by atoms with van der Waals surface area (Å²) < 4.78 is 60.0. The number of rotatable bonds is 9. The van der Waals surface area contributed by atoms with Crippen molar-refractivity contribution < 1.29 is 26.7 Å². The minimum atomic E-state index is -4.31. The first-order chi connectivity index (χ1) is 7.77. The molecule has 4 nitrogen and oxygen atoms in total. The lowest BCUT2D eigenvalue weighted by molar-refractivity contribution is -0.134. The first-order valence-electron chi connectivity index (χ1n) is 5.42. The van der Waals surface area contributed by atoms with Crippen molar-refractivity contribution in [3.63, 3.8) is 0 Å². The van der Waals surface area contributed by atoms with E-state index in [2.05, 4.69) is 4.72 Å². The van der Waals surface area contributed by atoms with E-state index < -0.39 is 34.8 Å². The minimum absolute atomic E-state index is 0.0539. The number of nitrogens with one attached hydrogen (secondary N) is 1. The van der Waals surface area contributed by atoms with Crippen LogP contribution in [0, 0.1) is 0 Å². The van der Waals surface area contributed by atoms with Crippen molar-refractivity contribution >= 4 is 10.0 Å². The number of aliphatic hydroxyl groups excluding tert-OH is 1. The molecule has 0 amide bonds. The van der Waals surface area contributed by atoms with Gasteiger partial charge in [-0.3, -0.25) is 0 Å². The SMILES string of the molecule is O=S(=O)(CCCC(F)(F)F)NCCCCCO. The summed E-state index contributed by atoms with van der Waals surface area (Å²) in [6.45, 7) is 0.257. The number of halogens is 3. The van der Waals surface area contributed by atoms with Crippen molar-refractivity contribution in [1.29, 1.82) is 0 Å². The highest BCUT2D eigenvalue weighted by molar-refractivity contribution is 7.89. The second-order valence-corrected chi connectivity index (χ2v) is 5.64. The Balaban J connectivity index is 3.67. The van der Waals surface area contributed by atoms with Gasteiger partial charge in [0.2, 0.25) is 10.0 Å². The predicted molar refractivity (Wildman–Crippen MR) is 58.0 cm³/mol. The smallest absolute Gasteiger partial charge is 0.389 e. The van der Waals surface area contributed by atoms with Crippen LogP contribution in [0.1, 0.15) is 32.1 Å². The molecule has 17 heavy (non-hydrogen) atoms. The van der Waals surface area contributed by atoms with Gasteiger partial charge in [0.25, 0.3) is 0 Å². The fraction of sp³-hybridized carbons (Fsp3) is 1.00. The second kappa shape index (κ2) is 7.88. The number of alkyl halides is 3. The van der Waals surface area contributed by atoms with E-state index in [1.807, 2.05) is 0 Å². The Morgan fingerprint density at radius 2 is 1.71 bits per heavy atom. The maximum absolute atomic E-state index is 11.8. The van der Waals surface area contributed by atoms with Crippen molar-refractivity contribution in [3.8, 4) is 0 Å². The second-order valence-electron chi connectivity index (χ2n) is 3.72. The lowest BCUT2D eigenvalue weighted by atomic mass is 10.2. The molecule has 0 aliphatic heterocycles. The zero-order valence-corrected chi connectivity index (χ0v) is 10.3. The van der Waals surface area contributed by atoms with E-state index in [0.717, 1.165) is 0 Å². The molecule has 0 unspecified atom stereocenters. The van der Waals surface area contributed by atoms with Crippen LogP contribution in [0.4, 0.5) is 13.2 Å². The third-order valence-electron chi connectivity index (χ3n) is 2.03. The summed E-state index contributed by atoms with van der Waals surface area (Å²) in [5, 5.41) is 8.47. The molecule has 0 fully saturated rings. The topological polar surface area (TPSA) is 66.4 Å². The van der Waals surface area contributed by atoms with Gasteiger partial charge in [-0.15, -0.1) is 0 Å². The van der Waals surface area contributed by atoms with E-state index in [0.29, 0.717) is 19.3 Å². The standard InChI is InChI=1S/C9H18F3NO3S/c10-9(11,12)5-4-8-17(15,16)13-6-2-1-3-7-14/h13-14H,1-8H2. The summed E-state index contributed by atoms with van der Waals surface area (Å²) in [6, 6.07) is 0. The molecule has 0 spiro atoms. The van der Waals surface area contributed by atoms with Gasteiger partial charge in [-0.1, -0.05) is 0 Å². The maximum atomic E-state index is 11.8. The van der Waals surface area contributed by atoms with Gasteiger partial charge in [-0.05, 0) is 25.7 Å². The molecule has 0 aliphatic carbocycles. The number of hydrogen-bond acceptors (Lipinski definition) is 3. The normalized spacial score (nSPS) is 12.9. The Morgan fingerprint density at radius 1 is 1.06 bits per heavy atom. The largest absolute Gasteiger partial charge is 0.396 e. The number of sulfonamides is 1. The van der Waals surface area contributed by atoms with E-state index in [-0.39, 0.29) is 13.2 Å². The lowest BCUT2D eigenvalue weighted by Crippen LogP contribution is -2.28. The highest BCUT2D eigenvalue weighted by Crippen LogP contribution is 2.21. The van der Waals surface area contributed by atoms with E-state index in [9.17, 15) is 21.6 Å². The van der Waals surface area contributed by atoms with Crippen LogP contribution in [0.5, 0.6) is 0 Å². The molecular weight excluding hydrogens is 259 g/mol. The van der Waals surface area contributed by atoms with Gasteiger partial charge in [0.05, 0.1) is 5.75 Å². The molecular formula is C9H18F3NO3S. The monoisotopic (exact) mass is 277 g/mol. The molecule has 0 radical (unpaired) electrons. The summed E-state index contributed by atoms with van der Waals surface area (Å²) >= 11 is 0. The van der Waals surface area contributed by atoms with Crippen LogP contribution in [0.2, 0.25) is 0 Å². The number of aliphatic hydroxyl groups is 1. The Morgan fingerprint density at radius 3 is 2.24 bits per heavy atom. The fourth-order valence-corrected chi connectivity index (χ4v) is 2.30. The molecule has 0 aliphatic rings. The first kappa shape index (κ1) is 16.7. The summed E-state index contributed by atoms with van der Waals surface area (Å²) in [7, 11) is -3.60. The number of hydrogen-bond donors (Lipinski definition) is 2. The molecule has 0 aromatic heterocycles. The third kappa shape index (κ3) is 11.9. The Bertz CT molecular complexity index is 290. The molecule has 0 aromatic carbocycles. The zero-order valence-electron chi connectivity index (χ0n) is 9.46. The minimum Gasteiger partial charge on any atom is -0.396 e. The predicted octanol–water partition coefficient (Wildman–Crippen LogP) is 1.41. The van der Waals surface area contributed by atoms with Crippen molar-refractivity contribution in [2.75, 3.05) is 18.9 Å². The summed E-state index contributed by atoms with van der Waals surface area (Å²) in [6.07, 6.45) is -3.97. The Hall–Kier alpha value is -0.340. The zero-order chi connectivity index (χ0) is 13.4. The average Bonchev–Trinajstić information content (AvgIpc) is 2.14. The molecule has 0 rings (SSSR count). The molecule has 8 heteroatoms. The average molecular weight is 277 g/mol. The third-order valence-corrected chi connectivity index (χ3v) is 3.50. The summed E-state index contributed by atoms with van der Waals surface area (Å²) in [5.74, 6) is -0.507. The molecule has 2 N–H and O–H groups in total. The van der Waals surface area contributed by atoms with Crippen LogP contribution in [0.15, 0.2) is 0 Å². The quantitative estimate of drug-likeness (QED) is 0.626. The molecule has 0 bridgehead atoms. The van der Waals surface area contributed by atoms with Crippen molar-refractivity contribution in [3.05, 3.63) is 0 Å². The van der Waals surface area contributed by atoms with Gasteiger partial charge in [-0.2, -0.15) is 13.2 Å². The van der Waals surface area contributed by atoms with E-state index >= 15 is 0 Å². The van der Waals surface area contributed by atoms with E-state index in [4.69, 9.17) is 5.11 Å². The Kier molecular flexibility index (Phi) is 7.73. The van der Waals surface area contributed by atoms with Gasteiger partial charge < -0.3 is 5.11 Å². The van der Waals surface area contributed by atoms with E-state index in [1.165, 1.54) is 0 Å². The molecule has 0 heterocycles. The highest BCUT2D eigenvalue weighted by atomic mass is 32.2. The first-order valence-corrected chi connectivity index (χ1v) is 7.07. The van der Waals surface area contributed by atoms with Crippen molar-refractivity contribution in [2.45, 2.75) is 38.3 Å². The van der Waals surface area contributed by atoms with Crippen LogP contribution in [-0.2, 0) is 10.0 Å².